The number of carbonyl (C=O) groups is 2. The molecule has 0 radical (unpaired) electrons. The third kappa shape index (κ3) is 8.41. The lowest BCUT2D eigenvalue weighted by molar-refractivity contribution is -0.141. The van der Waals surface area contributed by atoms with Crippen LogP contribution in [0.4, 0.5) is 23.7 Å². The van der Waals surface area contributed by atoms with E-state index in [1.807, 2.05) is 12.1 Å². The van der Waals surface area contributed by atoms with Crippen LogP contribution >= 0.6 is 0 Å². The van der Waals surface area contributed by atoms with Crippen LogP contribution in [0.2, 0.25) is 0 Å². The summed E-state index contributed by atoms with van der Waals surface area (Å²) < 4.78 is 47.7. The molecule has 5 rings (SSSR count). The summed E-state index contributed by atoms with van der Waals surface area (Å²) in [5.41, 5.74) is 6.79. The minimum Gasteiger partial charge on any atom is -0.444 e. The first-order valence-corrected chi connectivity index (χ1v) is 15.6. The Kier molecular flexibility index (Phi) is 9.64. The molecule has 4 N–H and O–H groups in total. The highest BCUT2D eigenvalue weighted by Gasteiger charge is 2.37. The second-order valence-corrected chi connectivity index (χ2v) is 13.0. The summed E-state index contributed by atoms with van der Waals surface area (Å²) in [6, 6.07) is 23.2. The van der Waals surface area contributed by atoms with Crippen molar-refractivity contribution < 1.29 is 27.5 Å². The largest absolute Gasteiger partial charge is 0.444 e. The van der Waals surface area contributed by atoms with Gasteiger partial charge in [0.15, 0.2) is 5.69 Å². The Labute approximate surface area is 276 Å². The highest BCUT2D eigenvalue weighted by atomic mass is 19.4. The average molecular weight is 659 g/mol. The highest BCUT2D eigenvalue weighted by Crippen LogP contribution is 2.40. The molecule has 1 heterocycles. The summed E-state index contributed by atoms with van der Waals surface area (Å²) in [4.78, 5) is 25.8. The maximum atomic E-state index is 13.8. The highest BCUT2D eigenvalue weighted by molar-refractivity contribution is 6.03. The summed E-state index contributed by atoms with van der Waals surface area (Å²) in [7, 11) is 0. The lowest BCUT2D eigenvalue weighted by Gasteiger charge is -2.31. The van der Waals surface area contributed by atoms with E-state index in [0.29, 0.717) is 40.8 Å². The van der Waals surface area contributed by atoms with E-state index in [-0.39, 0.29) is 17.9 Å². The van der Waals surface area contributed by atoms with Crippen LogP contribution in [0.25, 0.3) is 5.69 Å². The van der Waals surface area contributed by atoms with Gasteiger partial charge in [-0.15, -0.1) is 0 Å². The van der Waals surface area contributed by atoms with Crippen LogP contribution in [0.15, 0.2) is 78.9 Å². The number of alkyl halides is 3. The Morgan fingerprint density at radius 3 is 2.35 bits per heavy atom. The number of alkyl carbamates (subject to hydrolysis) is 1. The van der Waals surface area contributed by atoms with Crippen LogP contribution in [0.5, 0.6) is 0 Å². The van der Waals surface area contributed by atoms with Crippen molar-refractivity contribution in [3.8, 4) is 11.8 Å². The number of hydrogen-bond acceptors (Lipinski definition) is 6. The molecular formula is C36H37F3N6O3. The molecule has 250 valence electrons. The zero-order valence-electron chi connectivity index (χ0n) is 26.9. The van der Waals surface area contributed by atoms with Crippen LogP contribution in [-0.4, -0.2) is 27.4 Å². The van der Waals surface area contributed by atoms with Crippen molar-refractivity contribution in [3.05, 3.63) is 113 Å². The van der Waals surface area contributed by atoms with Crippen molar-refractivity contribution in [2.24, 2.45) is 11.7 Å². The predicted molar refractivity (Wildman–Crippen MR) is 174 cm³/mol. The molecule has 0 aliphatic heterocycles. The topological polar surface area (TPSA) is 135 Å². The van der Waals surface area contributed by atoms with Crippen molar-refractivity contribution in [3.63, 3.8) is 0 Å². The predicted octanol–water partition coefficient (Wildman–Crippen LogP) is 7.43. The number of hydrogen-bond donors (Lipinski definition) is 3. The third-order valence-corrected chi connectivity index (χ3v) is 8.01. The minimum absolute atomic E-state index is 0.0311. The SMILES string of the molecule is CC(C)(C)OC(=O)NCc1cccc(-n2nc(C(F)(F)F)cc2C(=O)Nc2cccc(C(N)(CCC3CC3)c3cccc(C#N)c3)c2)c1. The van der Waals surface area contributed by atoms with Crippen LogP contribution in [-0.2, 0) is 23.0 Å². The molecule has 1 saturated carbocycles. The minimum atomic E-state index is -4.81. The number of nitriles is 1. The Morgan fingerprint density at radius 1 is 1.00 bits per heavy atom. The smallest absolute Gasteiger partial charge is 0.435 e. The van der Waals surface area contributed by atoms with Gasteiger partial charge < -0.3 is 21.1 Å². The van der Waals surface area contributed by atoms with Crippen molar-refractivity contribution in [2.45, 2.75) is 70.3 Å². The monoisotopic (exact) mass is 658 g/mol. The van der Waals surface area contributed by atoms with Gasteiger partial charge in [0.2, 0.25) is 0 Å². The number of nitrogens with zero attached hydrogens (tertiary/aromatic N) is 3. The van der Waals surface area contributed by atoms with Gasteiger partial charge in [-0.25, -0.2) is 9.48 Å². The molecule has 12 heteroatoms. The molecule has 1 aliphatic rings. The molecular weight excluding hydrogens is 621 g/mol. The van der Waals surface area contributed by atoms with Gasteiger partial charge in [-0.05, 0) is 92.6 Å². The second kappa shape index (κ2) is 13.5. The van der Waals surface area contributed by atoms with Crippen molar-refractivity contribution in [1.82, 2.24) is 15.1 Å². The van der Waals surface area contributed by atoms with E-state index in [1.165, 1.54) is 12.1 Å². The summed E-state index contributed by atoms with van der Waals surface area (Å²) in [6.45, 7) is 5.20. The molecule has 4 aromatic rings. The number of nitrogens with one attached hydrogen (secondary N) is 2. The number of carbonyl (C=O) groups excluding carboxylic acids is 2. The fourth-order valence-electron chi connectivity index (χ4n) is 5.39. The van der Waals surface area contributed by atoms with Crippen LogP contribution in [0.3, 0.4) is 0 Å². The second-order valence-electron chi connectivity index (χ2n) is 13.0. The van der Waals surface area contributed by atoms with Crippen LogP contribution < -0.4 is 16.4 Å². The van der Waals surface area contributed by atoms with Gasteiger partial charge in [-0.3, -0.25) is 4.79 Å². The number of rotatable bonds is 10. The lowest BCUT2D eigenvalue weighted by Crippen LogP contribution is -2.38. The number of halogens is 3. The van der Waals surface area contributed by atoms with Gasteiger partial charge in [-0.1, -0.05) is 49.2 Å². The van der Waals surface area contributed by atoms with E-state index in [4.69, 9.17) is 10.5 Å². The van der Waals surface area contributed by atoms with E-state index in [2.05, 4.69) is 21.8 Å². The number of anilines is 1. The molecule has 1 unspecified atom stereocenters. The molecule has 2 amide bonds. The first kappa shape index (κ1) is 34.2. The quantitative estimate of drug-likeness (QED) is 0.162. The Balaban J connectivity index is 1.43. The zero-order chi connectivity index (χ0) is 34.7. The molecule has 1 aromatic heterocycles. The summed E-state index contributed by atoms with van der Waals surface area (Å²) in [5.74, 6) is -0.232. The molecule has 0 spiro atoms. The van der Waals surface area contributed by atoms with E-state index < -0.39 is 35.0 Å². The Hall–Kier alpha value is -5.15. The lowest BCUT2D eigenvalue weighted by atomic mass is 9.79. The first-order valence-electron chi connectivity index (χ1n) is 15.6. The van der Waals surface area contributed by atoms with Crippen LogP contribution in [0, 0.1) is 17.2 Å². The van der Waals surface area contributed by atoms with Gasteiger partial charge in [0.25, 0.3) is 5.91 Å². The average Bonchev–Trinajstić information content (AvgIpc) is 3.75. The van der Waals surface area contributed by atoms with E-state index >= 15 is 0 Å². The van der Waals surface area contributed by atoms with Gasteiger partial charge >= 0.3 is 12.3 Å². The van der Waals surface area contributed by atoms with E-state index in [0.717, 1.165) is 29.5 Å². The van der Waals surface area contributed by atoms with Crippen molar-refractivity contribution >= 4 is 17.7 Å². The standard InChI is InChI=1S/C36H37F3N6O3/c1-34(2,3)48-33(47)42-22-25-8-5-12-29(18-25)45-30(20-31(44-45)36(37,38)39)32(46)43-28-11-6-10-27(19-28)35(41,16-15-23-13-14-23)26-9-4-7-24(17-26)21-40/h4-12,17-20,23H,13-16,22,41H2,1-3H3,(H,42,47)(H,43,46). The molecule has 48 heavy (non-hydrogen) atoms. The number of aromatic nitrogens is 2. The van der Waals surface area contributed by atoms with Gasteiger partial charge in [0, 0.05) is 18.3 Å². The summed E-state index contributed by atoms with van der Waals surface area (Å²) in [5, 5.41) is 18.6. The van der Waals surface area contributed by atoms with Gasteiger partial charge in [0.1, 0.15) is 11.3 Å². The zero-order valence-corrected chi connectivity index (χ0v) is 26.9. The number of ether oxygens (including phenoxy) is 1. The molecule has 3 aromatic carbocycles. The molecule has 1 fully saturated rings. The number of benzene rings is 3. The number of nitrogens with two attached hydrogens (primary N) is 1. The Bertz CT molecular complexity index is 1850. The van der Waals surface area contributed by atoms with Crippen molar-refractivity contribution in [1.29, 1.82) is 5.26 Å². The molecule has 1 aliphatic carbocycles. The van der Waals surface area contributed by atoms with Crippen molar-refractivity contribution in [2.75, 3.05) is 5.32 Å². The number of amides is 2. The fourth-order valence-corrected chi connectivity index (χ4v) is 5.39. The normalized spacial score (nSPS) is 14.5. The maximum Gasteiger partial charge on any atom is 0.435 e. The third-order valence-electron chi connectivity index (χ3n) is 8.01. The summed E-state index contributed by atoms with van der Waals surface area (Å²) in [6.07, 6.45) is -1.70. The molecule has 1 atom stereocenters. The molecule has 9 nitrogen and oxygen atoms in total. The van der Waals surface area contributed by atoms with Gasteiger partial charge in [0.05, 0.1) is 22.9 Å². The van der Waals surface area contributed by atoms with Crippen LogP contribution in [0.1, 0.15) is 84.9 Å². The Morgan fingerprint density at radius 2 is 1.69 bits per heavy atom. The fraction of sp³-hybridized carbons (Fsp3) is 0.333. The molecule has 0 bridgehead atoms. The van der Waals surface area contributed by atoms with Gasteiger partial charge in [-0.2, -0.15) is 23.5 Å². The first-order chi connectivity index (χ1) is 22.6. The van der Waals surface area contributed by atoms with E-state index in [1.54, 1.807) is 69.3 Å². The van der Waals surface area contributed by atoms with E-state index in [9.17, 15) is 28.0 Å². The molecule has 0 saturated heterocycles. The summed E-state index contributed by atoms with van der Waals surface area (Å²) >= 11 is 0. The maximum absolute atomic E-state index is 13.8.